The Kier molecular flexibility index (Phi) is 2.28. The van der Waals surface area contributed by atoms with Crippen LogP contribution in [-0.2, 0) is 7.05 Å². The van der Waals surface area contributed by atoms with E-state index in [9.17, 15) is 0 Å². The molecule has 3 heterocycles. The van der Waals surface area contributed by atoms with Gasteiger partial charge in [-0.2, -0.15) is 10.2 Å². The van der Waals surface area contributed by atoms with E-state index in [2.05, 4.69) is 20.3 Å². The summed E-state index contributed by atoms with van der Waals surface area (Å²) >= 11 is 6.15. The van der Waals surface area contributed by atoms with E-state index < -0.39 is 0 Å². The summed E-state index contributed by atoms with van der Waals surface area (Å²) in [5.41, 5.74) is 3.48. The standard InChI is InChI=1S/C12H12ClN5/c1-5-9-8(6(2)15-16-11(9)13)10-7(3)17-18(4)12(10)14-5/h1-4H3. The van der Waals surface area contributed by atoms with E-state index in [-0.39, 0.29) is 0 Å². The van der Waals surface area contributed by atoms with Gasteiger partial charge in [0.2, 0.25) is 0 Å². The van der Waals surface area contributed by atoms with Gasteiger partial charge in [-0.15, -0.1) is 5.10 Å². The van der Waals surface area contributed by atoms with Crippen molar-refractivity contribution in [1.82, 2.24) is 25.0 Å². The summed E-state index contributed by atoms with van der Waals surface area (Å²) in [4.78, 5) is 4.57. The molecule has 18 heavy (non-hydrogen) atoms. The van der Waals surface area contributed by atoms with Crippen LogP contribution in [0.1, 0.15) is 17.1 Å². The topological polar surface area (TPSA) is 56.5 Å². The monoisotopic (exact) mass is 261 g/mol. The number of halogens is 1. The Hall–Kier alpha value is -1.75. The summed E-state index contributed by atoms with van der Waals surface area (Å²) in [5.74, 6) is 0. The first-order valence-corrected chi connectivity index (χ1v) is 6.01. The molecule has 0 radical (unpaired) electrons. The van der Waals surface area contributed by atoms with Crippen LogP contribution in [0.25, 0.3) is 21.8 Å². The fourth-order valence-electron chi connectivity index (χ4n) is 2.42. The minimum absolute atomic E-state index is 0.394. The fourth-order valence-corrected chi connectivity index (χ4v) is 2.69. The minimum Gasteiger partial charge on any atom is -0.250 e. The summed E-state index contributed by atoms with van der Waals surface area (Å²) in [6.45, 7) is 5.82. The molecule has 0 aliphatic rings. The molecule has 5 nitrogen and oxygen atoms in total. The van der Waals surface area contributed by atoms with E-state index >= 15 is 0 Å². The maximum atomic E-state index is 6.15. The van der Waals surface area contributed by atoms with Gasteiger partial charge < -0.3 is 0 Å². The summed E-state index contributed by atoms with van der Waals surface area (Å²) in [6, 6.07) is 0. The van der Waals surface area contributed by atoms with E-state index in [0.717, 1.165) is 38.9 Å². The first-order valence-electron chi connectivity index (χ1n) is 5.63. The van der Waals surface area contributed by atoms with Crippen LogP contribution in [0.4, 0.5) is 0 Å². The predicted molar refractivity (Wildman–Crippen MR) is 70.8 cm³/mol. The lowest BCUT2D eigenvalue weighted by atomic mass is 10.1. The van der Waals surface area contributed by atoms with Gasteiger partial charge in [0.25, 0.3) is 0 Å². The van der Waals surface area contributed by atoms with Gasteiger partial charge in [0.15, 0.2) is 10.8 Å². The molecule has 0 saturated carbocycles. The van der Waals surface area contributed by atoms with Crippen LogP contribution in [-0.4, -0.2) is 25.0 Å². The molecule has 0 amide bonds. The van der Waals surface area contributed by atoms with Crippen molar-refractivity contribution in [2.45, 2.75) is 20.8 Å². The Morgan fingerprint density at radius 2 is 1.61 bits per heavy atom. The molecule has 92 valence electrons. The van der Waals surface area contributed by atoms with Crippen molar-refractivity contribution in [3.63, 3.8) is 0 Å². The quantitative estimate of drug-likeness (QED) is 0.624. The second kappa shape index (κ2) is 3.62. The number of aryl methyl sites for hydroxylation is 4. The lowest BCUT2D eigenvalue weighted by Crippen LogP contribution is -1.98. The average Bonchev–Trinajstić information content (AvgIpc) is 2.59. The van der Waals surface area contributed by atoms with Gasteiger partial charge in [-0.1, -0.05) is 11.6 Å². The second-order valence-corrected chi connectivity index (χ2v) is 4.79. The Balaban J connectivity index is 2.73. The highest BCUT2D eigenvalue weighted by atomic mass is 35.5. The lowest BCUT2D eigenvalue weighted by Gasteiger charge is -2.07. The van der Waals surface area contributed by atoms with Crippen LogP contribution in [0.3, 0.4) is 0 Å². The van der Waals surface area contributed by atoms with Crippen LogP contribution < -0.4 is 0 Å². The van der Waals surface area contributed by atoms with Gasteiger partial charge in [0.05, 0.1) is 22.5 Å². The van der Waals surface area contributed by atoms with Crippen LogP contribution in [0.5, 0.6) is 0 Å². The molecule has 0 unspecified atom stereocenters. The van der Waals surface area contributed by atoms with Crippen molar-refractivity contribution in [1.29, 1.82) is 0 Å². The molecule has 0 bridgehead atoms. The second-order valence-electron chi connectivity index (χ2n) is 4.43. The van der Waals surface area contributed by atoms with Gasteiger partial charge in [-0.05, 0) is 20.8 Å². The Labute approximate surface area is 109 Å². The molecule has 0 fully saturated rings. The maximum Gasteiger partial charge on any atom is 0.161 e. The van der Waals surface area contributed by atoms with Crippen LogP contribution in [0, 0.1) is 20.8 Å². The third kappa shape index (κ3) is 1.34. The molecule has 3 aromatic rings. The van der Waals surface area contributed by atoms with Crippen molar-refractivity contribution in [3.05, 3.63) is 22.2 Å². The molecule has 0 spiro atoms. The smallest absolute Gasteiger partial charge is 0.161 e. The van der Waals surface area contributed by atoms with Crippen molar-refractivity contribution in [3.8, 4) is 0 Å². The van der Waals surface area contributed by atoms with E-state index in [1.165, 1.54) is 0 Å². The molecule has 0 N–H and O–H groups in total. The zero-order valence-corrected chi connectivity index (χ0v) is 11.4. The van der Waals surface area contributed by atoms with Crippen molar-refractivity contribution >= 4 is 33.4 Å². The number of hydrogen-bond donors (Lipinski definition) is 0. The van der Waals surface area contributed by atoms with Crippen molar-refractivity contribution in [2.75, 3.05) is 0 Å². The van der Waals surface area contributed by atoms with Crippen LogP contribution >= 0.6 is 11.6 Å². The Morgan fingerprint density at radius 3 is 2.33 bits per heavy atom. The SMILES string of the molecule is Cc1nc2c(c(C)nn2C)c2c(C)nnc(Cl)c12. The third-order valence-electron chi connectivity index (χ3n) is 3.18. The van der Waals surface area contributed by atoms with E-state index in [1.807, 2.05) is 27.8 Å². The highest BCUT2D eigenvalue weighted by Crippen LogP contribution is 2.32. The predicted octanol–water partition coefficient (Wildman–Crippen LogP) is 2.49. The zero-order chi connectivity index (χ0) is 13.0. The molecule has 3 rings (SSSR count). The number of rotatable bonds is 0. The maximum absolute atomic E-state index is 6.15. The van der Waals surface area contributed by atoms with Gasteiger partial charge in [-0.25, -0.2) is 4.98 Å². The Morgan fingerprint density at radius 1 is 0.889 bits per heavy atom. The highest BCUT2D eigenvalue weighted by molar-refractivity contribution is 6.35. The fraction of sp³-hybridized carbons (Fsp3) is 0.333. The van der Waals surface area contributed by atoms with Gasteiger partial charge in [0, 0.05) is 17.8 Å². The number of nitrogens with zero attached hydrogens (tertiary/aromatic N) is 5. The summed E-state index contributed by atoms with van der Waals surface area (Å²) < 4.78 is 1.78. The minimum atomic E-state index is 0.394. The summed E-state index contributed by atoms with van der Waals surface area (Å²) in [5, 5.41) is 15.7. The molecular weight excluding hydrogens is 250 g/mol. The van der Waals surface area contributed by atoms with Crippen molar-refractivity contribution < 1.29 is 0 Å². The number of aromatic nitrogens is 5. The van der Waals surface area contributed by atoms with Crippen LogP contribution in [0.15, 0.2) is 0 Å². The molecule has 0 aliphatic carbocycles. The zero-order valence-electron chi connectivity index (χ0n) is 10.6. The molecule has 0 atom stereocenters. The van der Waals surface area contributed by atoms with Crippen molar-refractivity contribution in [2.24, 2.45) is 7.05 Å². The van der Waals surface area contributed by atoms with E-state index in [0.29, 0.717) is 5.15 Å². The number of hydrogen-bond acceptors (Lipinski definition) is 4. The molecule has 0 saturated heterocycles. The number of pyridine rings is 1. The normalized spacial score (nSPS) is 11.6. The first-order chi connectivity index (χ1) is 8.50. The lowest BCUT2D eigenvalue weighted by molar-refractivity contribution is 0.773. The van der Waals surface area contributed by atoms with E-state index in [4.69, 9.17) is 11.6 Å². The summed E-state index contributed by atoms with van der Waals surface area (Å²) in [6.07, 6.45) is 0. The average molecular weight is 262 g/mol. The van der Waals surface area contributed by atoms with Gasteiger partial charge in [0.1, 0.15) is 0 Å². The van der Waals surface area contributed by atoms with E-state index in [1.54, 1.807) is 4.68 Å². The van der Waals surface area contributed by atoms with Crippen LogP contribution in [0.2, 0.25) is 5.15 Å². The van der Waals surface area contributed by atoms with Gasteiger partial charge in [-0.3, -0.25) is 4.68 Å². The third-order valence-corrected chi connectivity index (χ3v) is 3.45. The molecule has 6 heteroatoms. The van der Waals surface area contributed by atoms with Gasteiger partial charge >= 0.3 is 0 Å². The highest BCUT2D eigenvalue weighted by Gasteiger charge is 2.17. The molecule has 0 aromatic carbocycles. The molecule has 3 aromatic heterocycles. The number of fused-ring (bicyclic) bond motifs is 3. The first kappa shape index (κ1) is 11.3. The molecule has 0 aliphatic heterocycles. The Bertz CT molecular complexity index is 790. The largest absolute Gasteiger partial charge is 0.250 e. The molecular formula is C12H12ClN5. The summed E-state index contributed by atoms with van der Waals surface area (Å²) in [7, 11) is 1.89.